The van der Waals surface area contributed by atoms with Crippen LogP contribution in [0.4, 0.5) is 5.82 Å². The quantitative estimate of drug-likeness (QED) is 0.909. The largest absolute Gasteiger partial charge is 0.353 e. The SMILES string of the molecule is CCC(C)NC(=O)C1CCN(c2nc3cccnc3n(C)c2=O)CC1. The van der Waals surface area contributed by atoms with Gasteiger partial charge in [0.25, 0.3) is 5.56 Å². The molecule has 0 radical (unpaired) electrons. The second-order valence-corrected chi connectivity index (χ2v) is 6.72. The number of rotatable bonds is 4. The maximum atomic E-state index is 12.6. The number of piperidine rings is 1. The Bertz CT molecular complexity index is 824. The summed E-state index contributed by atoms with van der Waals surface area (Å²) < 4.78 is 1.54. The van der Waals surface area contributed by atoms with Crippen LogP contribution in [-0.2, 0) is 11.8 Å². The number of anilines is 1. The lowest BCUT2D eigenvalue weighted by molar-refractivity contribution is -0.126. The summed E-state index contributed by atoms with van der Waals surface area (Å²) in [6, 6.07) is 3.87. The topological polar surface area (TPSA) is 80.1 Å². The molecule has 1 saturated heterocycles. The highest BCUT2D eigenvalue weighted by Crippen LogP contribution is 2.21. The number of nitrogens with one attached hydrogen (secondary N) is 1. The number of aryl methyl sites for hydroxylation is 1. The third kappa shape index (κ3) is 3.50. The van der Waals surface area contributed by atoms with Crippen LogP contribution in [0.15, 0.2) is 23.1 Å². The van der Waals surface area contributed by atoms with E-state index in [1.54, 1.807) is 17.8 Å². The van der Waals surface area contributed by atoms with Crippen molar-refractivity contribution in [2.45, 2.75) is 39.2 Å². The number of nitrogens with zero attached hydrogens (tertiary/aromatic N) is 4. The smallest absolute Gasteiger partial charge is 0.294 e. The van der Waals surface area contributed by atoms with Gasteiger partial charge < -0.3 is 10.2 Å². The van der Waals surface area contributed by atoms with Gasteiger partial charge in [0.2, 0.25) is 5.91 Å². The molecule has 0 bridgehead atoms. The highest BCUT2D eigenvalue weighted by atomic mass is 16.2. The minimum Gasteiger partial charge on any atom is -0.353 e. The molecule has 25 heavy (non-hydrogen) atoms. The summed E-state index contributed by atoms with van der Waals surface area (Å²) in [5.41, 5.74) is 1.14. The predicted octanol–water partition coefficient (Wildman–Crippen LogP) is 1.46. The average Bonchev–Trinajstić information content (AvgIpc) is 2.64. The third-order valence-electron chi connectivity index (χ3n) is 4.97. The molecule has 134 valence electrons. The van der Waals surface area contributed by atoms with Crippen LogP contribution < -0.4 is 15.8 Å². The third-order valence-corrected chi connectivity index (χ3v) is 4.97. The van der Waals surface area contributed by atoms with Crippen molar-refractivity contribution in [3.63, 3.8) is 0 Å². The van der Waals surface area contributed by atoms with Crippen molar-refractivity contribution in [2.24, 2.45) is 13.0 Å². The second kappa shape index (κ2) is 7.21. The number of carbonyl (C=O) groups excluding carboxylic acids is 1. The lowest BCUT2D eigenvalue weighted by Crippen LogP contribution is -2.44. The monoisotopic (exact) mass is 343 g/mol. The molecule has 7 nitrogen and oxygen atoms in total. The van der Waals surface area contributed by atoms with E-state index in [1.807, 2.05) is 24.0 Å². The van der Waals surface area contributed by atoms with Crippen molar-refractivity contribution in [3.8, 4) is 0 Å². The summed E-state index contributed by atoms with van der Waals surface area (Å²) in [4.78, 5) is 35.6. The Morgan fingerprint density at radius 1 is 1.40 bits per heavy atom. The number of amides is 1. The zero-order valence-electron chi connectivity index (χ0n) is 15.0. The molecule has 3 heterocycles. The van der Waals surface area contributed by atoms with Gasteiger partial charge in [-0.3, -0.25) is 14.2 Å². The second-order valence-electron chi connectivity index (χ2n) is 6.72. The van der Waals surface area contributed by atoms with E-state index in [1.165, 1.54) is 0 Å². The van der Waals surface area contributed by atoms with Crippen LogP contribution in [-0.4, -0.2) is 39.6 Å². The molecular formula is C18H25N5O2. The van der Waals surface area contributed by atoms with E-state index in [4.69, 9.17) is 0 Å². The van der Waals surface area contributed by atoms with Gasteiger partial charge in [-0.2, -0.15) is 0 Å². The number of hydrogen-bond donors (Lipinski definition) is 1. The highest BCUT2D eigenvalue weighted by molar-refractivity contribution is 5.79. The van der Waals surface area contributed by atoms with Crippen LogP contribution in [0.2, 0.25) is 0 Å². The van der Waals surface area contributed by atoms with Gasteiger partial charge in [-0.1, -0.05) is 6.92 Å². The van der Waals surface area contributed by atoms with Gasteiger partial charge >= 0.3 is 0 Å². The van der Waals surface area contributed by atoms with E-state index >= 15 is 0 Å². The van der Waals surface area contributed by atoms with E-state index in [0.717, 1.165) is 19.3 Å². The van der Waals surface area contributed by atoms with Gasteiger partial charge in [0.15, 0.2) is 11.5 Å². The van der Waals surface area contributed by atoms with Crippen LogP contribution in [0.1, 0.15) is 33.1 Å². The minimum absolute atomic E-state index is 0.0104. The first-order valence-corrected chi connectivity index (χ1v) is 8.88. The molecule has 1 aliphatic heterocycles. The molecule has 2 aromatic heterocycles. The molecule has 1 amide bonds. The highest BCUT2D eigenvalue weighted by Gasteiger charge is 2.27. The fourth-order valence-electron chi connectivity index (χ4n) is 3.16. The normalized spacial score (nSPS) is 16.8. The number of aromatic nitrogens is 3. The van der Waals surface area contributed by atoms with Crippen molar-refractivity contribution in [3.05, 3.63) is 28.7 Å². The first kappa shape index (κ1) is 17.4. The summed E-state index contributed by atoms with van der Waals surface area (Å²) in [6.45, 7) is 5.40. The van der Waals surface area contributed by atoms with Gasteiger partial charge in [0.1, 0.15) is 5.52 Å². The van der Waals surface area contributed by atoms with Crippen molar-refractivity contribution in [2.75, 3.05) is 18.0 Å². The maximum Gasteiger partial charge on any atom is 0.294 e. The number of fused-ring (bicyclic) bond motifs is 1. The Morgan fingerprint density at radius 2 is 2.12 bits per heavy atom. The first-order valence-electron chi connectivity index (χ1n) is 8.88. The molecule has 0 saturated carbocycles. The molecule has 1 atom stereocenters. The first-order chi connectivity index (χ1) is 12.0. The summed E-state index contributed by atoms with van der Waals surface area (Å²) in [7, 11) is 1.72. The van der Waals surface area contributed by atoms with E-state index in [9.17, 15) is 9.59 Å². The lowest BCUT2D eigenvalue weighted by Gasteiger charge is -2.32. The molecule has 1 aliphatic rings. The Labute approximate surface area is 147 Å². The van der Waals surface area contributed by atoms with E-state index in [0.29, 0.717) is 30.1 Å². The average molecular weight is 343 g/mol. The molecule has 0 spiro atoms. The predicted molar refractivity (Wildman–Crippen MR) is 97.6 cm³/mol. The van der Waals surface area contributed by atoms with Crippen LogP contribution in [0, 0.1) is 5.92 Å². The van der Waals surface area contributed by atoms with Gasteiger partial charge in [-0.05, 0) is 38.3 Å². The summed E-state index contributed by atoms with van der Waals surface area (Å²) in [5.74, 6) is 0.581. The Morgan fingerprint density at radius 3 is 2.80 bits per heavy atom. The number of pyridine rings is 1. The molecule has 0 aromatic carbocycles. The van der Waals surface area contributed by atoms with Crippen LogP contribution >= 0.6 is 0 Å². The van der Waals surface area contributed by atoms with Crippen molar-refractivity contribution in [1.82, 2.24) is 19.9 Å². The molecule has 1 N–H and O–H groups in total. The Hall–Kier alpha value is -2.44. The van der Waals surface area contributed by atoms with Crippen LogP contribution in [0.5, 0.6) is 0 Å². The van der Waals surface area contributed by atoms with Gasteiger partial charge in [-0.25, -0.2) is 9.97 Å². The number of carbonyl (C=O) groups is 1. The van der Waals surface area contributed by atoms with Crippen molar-refractivity contribution < 1.29 is 4.79 Å². The Balaban J connectivity index is 1.75. The standard InChI is InChI=1S/C18H25N5O2/c1-4-12(2)20-17(24)13-7-10-23(11-8-13)16-18(25)22(3)15-14(21-16)6-5-9-19-15/h5-6,9,12-13H,4,7-8,10-11H2,1-3H3,(H,20,24). The van der Waals surface area contributed by atoms with Gasteiger partial charge in [0.05, 0.1) is 0 Å². The fourth-order valence-corrected chi connectivity index (χ4v) is 3.16. The fraction of sp³-hybridized carbons (Fsp3) is 0.556. The van der Waals surface area contributed by atoms with Crippen molar-refractivity contribution in [1.29, 1.82) is 0 Å². The molecule has 2 aromatic rings. The molecular weight excluding hydrogens is 318 g/mol. The minimum atomic E-state index is -0.145. The summed E-state index contributed by atoms with van der Waals surface area (Å²) in [5, 5.41) is 3.05. The molecule has 3 rings (SSSR count). The summed E-state index contributed by atoms with van der Waals surface area (Å²) in [6.07, 6.45) is 4.05. The van der Waals surface area contributed by atoms with Crippen LogP contribution in [0.3, 0.4) is 0 Å². The number of hydrogen-bond acceptors (Lipinski definition) is 5. The molecule has 0 aliphatic carbocycles. The van der Waals surface area contributed by atoms with E-state index in [-0.39, 0.29) is 23.4 Å². The van der Waals surface area contributed by atoms with E-state index in [2.05, 4.69) is 22.2 Å². The zero-order valence-corrected chi connectivity index (χ0v) is 15.0. The molecule has 7 heteroatoms. The molecule has 1 unspecified atom stereocenters. The lowest BCUT2D eigenvalue weighted by atomic mass is 9.95. The van der Waals surface area contributed by atoms with Gasteiger partial charge in [-0.15, -0.1) is 0 Å². The summed E-state index contributed by atoms with van der Waals surface area (Å²) >= 11 is 0. The maximum absolute atomic E-state index is 12.6. The van der Waals surface area contributed by atoms with Crippen molar-refractivity contribution >= 4 is 22.9 Å². The van der Waals surface area contributed by atoms with E-state index < -0.39 is 0 Å². The van der Waals surface area contributed by atoms with Gasteiger partial charge in [0, 0.05) is 38.3 Å². The zero-order chi connectivity index (χ0) is 18.0. The molecule has 1 fully saturated rings. The van der Waals surface area contributed by atoms with Crippen LogP contribution in [0.25, 0.3) is 11.2 Å². The Kier molecular flexibility index (Phi) is 5.01.